The lowest BCUT2D eigenvalue weighted by Crippen LogP contribution is -2.51. The minimum atomic E-state index is -4.60. The lowest BCUT2D eigenvalue weighted by atomic mass is 9.78. The van der Waals surface area contributed by atoms with Crippen LogP contribution < -0.4 is 10.5 Å². The predicted molar refractivity (Wildman–Crippen MR) is 72.5 cm³/mol. The largest absolute Gasteiger partial charge is 0.347 e. The van der Waals surface area contributed by atoms with Crippen molar-refractivity contribution in [1.82, 2.24) is 5.32 Å². The maximum absolute atomic E-state index is 13.6. The van der Waals surface area contributed by atoms with E-state index < -0.39 is 48.6 Å². The summed E-state index contributed by atoms with van der Waals surface area (Å²) >= 11 is 5.73. The Kier molecular flexibility index (Phi) is 3.98. The first-order valence-electron chi connectivity index (χ1n) is 6.08. The summed E-state index contributed by atoms with van der Waals surface area (Å²) in [5, 5.41) is 6.71. The monoisotopic (exact) mass is 338 g/mol. The van der Waals surface area contributed by atoms with E-state index in [1.165, 1.54) is 0 Å². The smallest absolute Gasteiger partial charge is 0.253 e. The molecule has 1 aromatic rings. The van der Waals surface area contributed by atoms with Crippen LogP contribution >= 0.6 is 11.6 Å². The number of amides is 1. The second kappa shape index (κ2) is 5.19. The molecule has 0 aromatic heterocycles. The van der Waals surface area contributed by atoms with Crippen LogP contribution in [0.25, 0.3) is 0 Å². The quantitative estimate of drug-likeness (QED) is 0.825. The molecule has 9 heteroatoms. The molecule has 1 aromatic carbocycles. The van der Waals surface area contributed by atoms with Crippen molar-refractivity contribution < 1.29 is 22.0 Å². The van der Waals surface area contributed by atoms with Crippen molar-refractivity contribution in [3.05, 3.63) is 28.3 Å². The molecule has 21 heavy (non-hydrogen) atoms. The molecule has 5 nitrogen and oxygen atoms in total. The van der Waals surface area contributed by atoms with Crippen LogP contribution in [-0.4, -0.2) is 19.9 Å². The van der Waals surface area contributed by atoms with Gasteiger partial charge in [-0.05, 0) is 32.3 Å². The van der Waals surface area contributed by atoms with E-state index in [-0.39, 0.29) is 0 Å². The average Bonchev–Trinajstić information content (AvgIpc) is 2.30. The van der Waals surface area contributed by atoms with E-state index in [1.54, 1.807) is 6.92 Å². The van der Waals surface area contributed by atoms with Crippen molar-refractivity contribution in [2.75, 3.05) is 0 Å². The molecule has 2 rings (SSSR count). The number of benzene rings is 1. The summed E-state index contributed by atoms with van der Waals surface area (Å²) in [4.78, 5) is 10.9. The topological polar surface area (TPSA) is 89.3 Å². The number of primary sulfonamides is 1. The third kappa shape index (κ3) is 3.02. The van der Waals surface area contributed by atoms with Gasteiger partial charge in [0, 0.05) is 5.54 Å². The zero-order valence-corrected chi connectivity index (χ0v) is 12.6. The fourth-order valence-corrected chi connectivity index (χ4v) is 3.42. The molecular formula is C12H13ClF2N2O3S. The Morgan fingerprint density at radius 3 is 2.43 bits per heavy atom. The van der Waals surface area contributed by atoms with Gasteiger partial charge < -0.3 is 5.32 Å². The van der Waals surface area contributed by atoms with Gasteiger partial charge in [0.05, 0.1) is 10.6 Å². The molecule has 1 saturated carbocycles. The number of nitrogens with two attached hydrogens (primary N) is 1. The summed E-state index contributed by atoms with van der Waals surface area (Å²) < 4.78 is 49.7. The van der Waals surface area contributed by atoms with E-state index in [2.05, 4.69) is 5.32 Å². The maximum atomic E-state index is 13.6. The van der Waals surface area contributed by atoms with Crippen LogP contribution in [0.2, 0.25) is 5.02 Å². The third-order valence-electron chi connectivity index (χ3n) is 3.52. The normalized spacial score (nSPS) is 17.2. The van der Waals surface area contributed by atoms with Gasteiger partial charge in [-0.1, -0.05) is 11.6 Å². The van der Waals surface area contributed by atoms with E-state index in [0.717, 1.165) is 19.3 Å². The molecule has 0 aliphatic heterocycles. The number of hydrogen-bond donors (Lipinski definition) is 2. The number of hydrogen-bond acceptors (Lipinski definition) is 3. The number of nitrogens with one attached hydrogen (secondary N) is 1. The summed E-state index contributed by atoms with van der Waals surface area (Å²) in [6.07, 6.45) is 2.41. The van der Waals surface area contributed by atoms with Gasteiger partial charge in [0.2, 0.25) is 10.0 Å². The van der Waals surface area contributed by atoms with Gasteiger partial charge in [0.25, 0.3) is 5.91 Å². The summed E-state index contributed by atoms with van der Waals surface area (Å²) in [5.74, 6) is -3.98. The Morgan fingerprint density at radius 2 is 2.00 bits per heavy atom. The molecule has 0 saturated heterocycles. The highest BCUT2D eigenvalue weighted by Crippen LogP contribution is 2.33. The standard InChI is InChI=1S/C12H13ClF2N2O3S/c1-12(3-2-4-12)17-11(18)6-5-7(14)9(15)10(8(6)13)21(16,19)20/h5H,2-4H2,1H3,(H,17,18)(H2,16,19,20). The molecule has 1 aliphatic carbocycles. The van der Waals surface area contributed by atoms with E-state index >= 15 is 0 Å². The highest BCUT2D eigenvalue weighted by molar-refractivity contribution is 7.89. The van der Waals surface area contributed by atoms with Crippen molar-refractivity contribution in [3.8, 4) is 0 Å². The van der Waals surface area contributed by atoms with Crippen molar-refractivity contribution in [2.45, 2.75) is 36.6 Å². The number of carbonyl (C=O) groups is 1. The summed E-state index contributed by atoms with van der Waals surface area (Å²) in [6.45, 7) is 1.79. The Balaban J connectivity index is 2.50. The van der Waals surface area contributed by atoms with E-state index in [0.29, 0.717) is 6.07 Å². The first-order chi connectivity index (χ1) is 9.55. The zero-order chi connectivity index (χ0) is 16.0. The Hall–Kier alpha value is -1.25. The van der Waals surface area contributed by atoms with E-state index in [4.69, 9.17) is 16.7 Å². The van der Waals surface area contributed by atoms with Gasteiger partial charge in [-0.15, -0.1) is 0 Å². The van der Waals surface area contributed by atoms with Crippen LogP contribution in [0.15, 0.2) is 11.0 Å². The summed E-state index contributed by atoms with van der Waals surface area (Å²) in [6, 6.07) is 0.559. The SMILES string of the molecule is CC1(NC(=O)c2cc(F)c(F)c(S(N)(=O)=O)c2Cl)CCC1. The Morgan fingerprint density at radius 1 is 1.43 bits per heavy atom. The second-order valence-electron chi connectivity index (χ2n) is 5.28. The molecule has 116 valence electrons. The molecule has 0 radical (unpaired) electrons. The van der Waals surface area contributed by atoms with Crippen LogP contribution in [0.1, 0.15) is 36.5 Å². The van der Waals surface area contributed by atoms with Gasteiger partial charge in [-0.25, -0.2) is 22.3 Å². The average molecular weight is 339 g/mol. The highest BCUT2D eigenvalue weighted by atomic mass is 35.5. The molecule has 0 spiro atoms. The van der Waals surface area contributed by atoms with Crippen molar-refractivity contribution >= 4 is 27.5 Å². The number of halogens is 3. The van der Waals surface area contributed by atoms with Crippen molar-refractivity contribution in [3.63, 3.8) is 0 Å². The first-order valence-corrected chi connectivity index (χ1v) is 8.00. The third-order valence-corrected chi connectivity index (χ3v) is 4.97. The molecule has 0 unspecified atom stereocenters. The predicted octanol–water partition coefficient (Wildman–Crippen LogP) is 1.94. The number of sulfonamides is 1. The number of rotatable bonds is 3. The minimum absolute atomic E-state index is 0.451. The van der Waals surface area contributed by atoms with Gasteiger partial charge >= 0.3 is 0 Å². The fourth-order valence-electron chi connectivity index (χ4n) is 2.17. The second-order valence-corrected chi connectivity index (χ2v) is 7.15. The van der Waals surface area contributed by atoms with Crippen molar-refractivity contribution in [1.29, 1.82) is 0 Å². The molecule has 0 bridgehead atoms. The van der Waals surface area contributed by atoms with Crippen LogP contribution in [0.4, 0.5) is 8.78 Å². The Labute approximate surface area is 125 Å². The highest BCUT2D eigenvalue weighted by Gasteiger charge is 2.35. The van der Waals surface area contributed by atoms with Crippen LogP contribution in [-0.2, 0) is 10.0 Å². The van der Waals surface area contributed by atoms with E-state index in [1.807, 2.05) is 0 Å². The maximum Gasteiger partial charge on any atom is 0.253 e. The zero-order valence-electron chi connectivity index (χ0n) is 11.0. The first kappa shape index (κ1) is 16.1. The lowest BCUT2D eigenvalue weighted by Gasteiger charge is -2.39. The van der Waals surface area contributed by atoms with E-state index in [9.17, 15) is 22.0 Å². The minimum Gasteiger partial charge on any atom is -0.347 e. The van der Waals surface area contributed by atoms with Crippen molar-refractivity contribution in [2.24, 2.45) is 5.14 Å². The lowest BCUT2D eigenvalue weighted by molar-refractivity contribution is 0.0849. The van der Waals surface area contributed by atoms with Crippen LogP contribution in [0, 0.1) is 11.6 Å². The molecular weight excluding hydrogens is 326 g/mol. The van der Waals surface area contributed by atoms with Gasteiger partial charge in [-0.2, -0.15) is 0 Å². The number of carbonyl (C=O) groups excluding carboxylic acids is 1. The van der Waals surface area contributed by atoms with Crippen LogP contribution in [0.3, 0.4) is 0 Å². The Bertz CT molecular complexity index is 718. The molecule has 1 aliphatic rings. The summed E-state index contributed by atoms with van der Waals surface area (Å²) in [7, 11) is -4.60. The van der Waals surface area contributed by atoms with Crippen LogP contribution in [0.5, 0.6) is 0 Å². The molecule has 3 N–H and O–H groups in total. The molecule has 1 amide bonds. The van der Waals surface area contributed by atoms with Gasteiger partial charge in [-0.3, -0.25) is 4.79 Å². The molecule has 1 fully saturated rings. The molecule has 0 heterocycles. The summed E-state index contributed by atoms with van der Waals surface area (Å²) in [5.41, 5.74) is -0.916. The van der Waals surface area contributed by atoms with Gasteiger partial charge in [0.15, 0.2) is 11.6 Å². The van der Waals surface area contributed by atoms with Gasteiger partial charge in [0.1, 0.15) is 4.90 Å². The molecule has 0 atom stereocenters. The fraction of sp³-hybridized carbons (Fsp3) is 0.417.